The van der Waals surface area contributed by atoms with Crippen LogP contribution in [0.4, 0.5) is 0 Å². The molecule has 118 valence electrons. The highest BCUT2D eigenvalue weighted by Crippen LogP contribution is 2.21. The molecule has 0 saturated heterocycles. The molecule has 0 spiro atoms. The molecule has 4 nitrogen and oxygen atoms in total. The van der Waals surface area contributed by atoms with Gasteiger partial charge in [0.25, 0.3) is 0 Å². The summed E-state index contributed by atoms with van der Waals surface area (Å²) in [7, 11) is 0. The van der Waals surface area contributed by atoms with Crippen molar-refractivity contribution in [2.45, 2.75) is 44.9 Å². The summed E-state index contributed by atoms with van der Waals surface area (Å²) in [6.45, 7) is 6.04. The summed E-state index contributed by atoms with van der Waals surface area (Å²) < 4.78 is 10.8. The molecule has 0 aromatic heterocycles. The van der Waals surface area contributed by atoms with Gasteiger partial charge in [-0.1, -0.05) is 24.3 Å². The molecule has 0 saturated carbocycles. The van der Waals surface area contributed by atoms with Crippen LogP contribution in [0.2, 0.25) is 0 Å². The van der Waals surface area contributed by atoms with Crippen molar-refractivity contribution in [1.82, 2.24) is 5.32 Å². The van der Waals surface area contributed by atoms with Crippen LogP contribution in [0.25, 0.3) is 0 Å². The fourth-order valence-electron chi connectivity index (χ4n) is 2.63. The highest BCUT2D eigenvalue weighted by molar-refractivity contribution is 5.33. The molecule has 4 heteroatoms. The van der Waals surface area contributed by atoms with E-state index in [1.165, 1.54) is 11.1 Å². The number of aliphatic hydroxyl groups is 1. The summed E-state index contributed by atoms with van der Waals surface area (Å²) in [4.78, 5) is 0. The largest absolute Gasteiger partial charge is 0.389 e. The Hall–Kier alpha value is -0.940. The van der Waals surface area contributed by atoms with Gasteiger partial charge < -0.3 is 19.9 Å². The second-order valence-electron chi connectivity index (χ2n) is 5.93. The summed E-state index contributed by atoms with van der Waals surface area (Å²) in [6, 6.07) is 8.98. The third-order valence-corrected chi connectivity index (χ3v) is 3.68. The maximum atomic E-state index is 9.91. The third-order valence-electron chi connectivity index (χ3n) is 3.68. The van der Waals surface area contributed by atoms with E-state index in [1.807, 2.05) is 13.8 Å². The Balaban J connectivity index is 1.55. The van der Waals surface area contributed by atoms with Crippen molar-refractivity contribution in [1.29, 1.82) is 0 Å². The van der Waals surface area contributed by atoms with Gasteiger partial charge in [-0.15, -0.1) is 0 Å². The Morgan fingerprint density at radius 2 is 1.86 bits per heavy atom. The van der Waals surface area contributed by atoms with Crippen LogP contribution in [0.3, 0.4) is 0 Å². The van der Waals surface area contributed by atoms with E-state index in [-0.39, 0.29) is 6.10 Å². The monoisotopic (exact) mass is 293 g/mol. The van der Waals surface area contributed by atoms with E-state index in [2.05, 4.69) is 29.6 Å². The van der Waals surface area contributed by atoms with Gasteiger partial charge in [0.2, 0.25) is 0 Å². The molecule has 0 amide bonds. The maximum Gasteiger partial charge on any atom is 0.0897 e. The van der Waals surface area contributed by atoms with Gasteiger partial charge in [-0.05, 0) is 37.8 Å². The minimum absolute atomic E-state index is 0.226. The van der Waals surface area contributed by atoms with E-state index in [0.717, 1.165) is 12.8 Å². The molecule has 0 bridgehead atoms. The van der Waals surface area contributed by atoms with Crippen LogP contribution in [-0.2, 0) is 22.3 Å². The molecule has 1 aromatic rings. The van der Waals surface area contributed by atoms with Crippen LogP contribution in [0.1, 0.15) is 25.0 Å². The van der Waals surface area contributed by atoms with Gasteiger partial charge in [-0.25, -0.2) is 0 Å². The van der Waals surface area contributed by atoms with Crippen molar-refractivity contribution in [3.05, 3.63) is 35.4 Å². The minimum Gasteiger partial charge on any atom is -0.389 e. The molecule has 1 aliphatic carbocycles. The molecule has 2 rings (SSSR count). The first kappa shape index (κ1) is 16.4. The first-order valence-corrected chi connectivity index (χ1v) is 7.82. The van der Waals surface area contributed by atoms with E-state index < -0.39 is 6.10 Å². The van der Waals surface area contributed by atoms with Crippen molar-refractivity contribution in [3.63, 3.8) is 0 Å². The fraction of sp³-hybridized carbons (Fsp3) is 0.647. The molecule has 1 atom stereocenters. The van der Waals surface area contributed by atoms with Crippen molar-refractivity contribution in [2.24, 2.45) is 0 Å². The molecule has 0 heterocycles. The van der Waals surface area contributed by atoms with Crippen molar-refractivity contribution >= 4 is 0 Å². The lowest BCUT2D eigenvalue weighted by Crippen LogP contribution is -2.38. The lowest BCUT2D eigenvalue weighted by Gasteiger charge is -2.16. The second-order valence-corrected chi connectivity index (χ2v) is 5.93. The van der Waals surface area contributed by atoms with Gasteiger partial charge in [0.05, 0.1) is 32.0 Å². The zero-order valence-electron chi connectivity index (χ0n) is 13.0. The van der Waals surface area contributed by atoms with Gasteiger partial charge in [-0.3, -0.25) is 0 Å². The molecule has 0 fully saturated rings. The van der Waals surface area contributed by atoms with E-state index in [1.54, 1.807) is 0 Å². The summed E-state index contributed by atoms with van der Waals surface area (Å²) in [5.41, 5.74) is 2.85. The Morgan fingerprint density at radius 3 is 2.48 bits per heavy atom. The van der Waals surface area contributed by atoms with Gasteiger partial charge in [0.1, 0.15) is 0 Å². The Labute approximate surface area is 127 Å². The number of benzene rings is 1. The molecule has 21 heavy (non-hydrogen) atoms. The number of nitrogens with one attached hydrogen (secondary N) is 1. The fourth-order valence-corrected chi connectivity index (χ4v) is 2.63. The van der Waals surface area contributed by atoms with E-state index in [4.69, 9.17) is 9.47 Å². The predicted octanol–water partition coefficient (Wildman–Crippen LogP) is 1.55. The van der Waals surface area contributed by atoms with E-state index in [9.17, 15) is 5.11 Å². The molecule has 1 aliphatic rings. The van der Waals surface area contributed by atoms with Gasteiger partial charge >= 0.3 is 0 Å². The topological polar surface area (TPSA) is 50.7 Å². The molecular formula is C17H27NO3. The lowest BCUT2D eigenvalue weighted by atomic mass is 10.1. The average Bonchev–Trinajstić information content (AvgIpc) is 2.87. The number of ether oxygens (including phenoxy) is 2. The van der Waals surface area contributed by atoms with Crippen LogP contribution in [0, 0.1) is 0 Å². The first-order valence-electron chi connectivity index (χ1n) is 7.82. The highest BCUT2D eigenvalue weighted by Gasteiger charge is 2.20. The van der Waals surface area contributed by atoms with Crippen LogP contribution in [-0.4, -0.2) is 49.7 Å². The van der Waals surface area contributed by atoms with Crippen molar-refractivity contribution in [2.75, 3.05) is 26.4 Å². The summed E-state index contributed by atoms with van der Waals surface area (Å²) in [5.74, 6) is 0. The molecule has 2 N–H and O–H groups in total. The van der Waals surface area contributed by atoms with E-state index in [0.29, 0.717) is 32.4 Å². The van der Waals surface area contributed by atoms with Crippen LogP contribution >= 0.6 is 0 Å². The average molecular weight is 293 g/mol. The zero-order valence-corrected chi connectivity index (χ0v) is 13.0. The Morgan fingerprint density at radius 1 is 1.19 bits per heavy atom. The molecule has 0 radical (unpaired) electrons. The number of hydrogen-bond acceptors (Lipinski definition) is 4. The molecular weight excluding hydrogens is 266 g/mol. The summed E-state index contributed by atoms with van der Waals surface area (Å²) in [5, 5.41) is 13.3. The van der Waals surface area contributed by atoms with Crippen LogP contribution in [0.5, 0.6) is 0 Å². The second kappa shape index (κ2) is 8.49. The minimum atomic E-state index is -0.465. The SMILES string of the molecule is CC(C)OCCOCC(O)CNC1Cc2ccccc2C1. The van der Waals surface area contributed by atoms with Crippen LogP contribution in [0.15, 0.2) is 24.3 Å². The first-order chi connectivity index (χ1) is 10.1. The predicted molar refractivity (Wildman–Crippen MR) is 83.6 cm³/mol. The molecule has 0 aliphatic heterocycles. The molecule has 1 unspecified atom stereocenters. The quantitative estimate of drug-likeness (QED) is 0.678. The van der Waals surface area contributed by atoms with Crippen LogP contribution < -0.4 is 5.32 Å². The van der Waals surface area contributed by atoms with Gasteiger partial charge in [-0.2, -0.15) is 0 Å². The number of fused-ring (bicyclic) bond motifs is 1. The third kappa shape index (κ3) is 5.75. The number of rotatable bonds is 9. The van der Waals surface area contributed by atoms with Gasteiger partial charge in [0.15, 0.2) is 0 Å². The normalized spacial score (nSPS) is 16.4. The van der Waals surface area contributed by atoms with E-state index >= 15 is 0 Å². The maximum absolute atomic E-state index is 9.91. The standard InChI is InChI=1S/C17H27NO3/c1-13(2)21-8-7-20-12-17(19)11-18-16-9-14-5-3-4-6-15(14)10-16/h3-6,13,16-19H,7-12H2,1-2H3. The summed E-state index contributed by atoms with van der Waals surface area (Å²) >= 11 is 0. The lowest BCUT2D eigenvalue weighted by molar-refractivity contribution is -0.0104. The van der Waals surface area contributed by atoms with Gasteiger partial charge in [0, 0.05) is 12.6 Å². The Bertz CT molecular complexity index is 397. The molecule has 1 aromatic carbocycles. The Kier molecular flexibility index (Phi) is 6.64. The van der Waals surface area contributed by atoms with Crippen molar-refractivity contribution < 1.29 is 14.6 Å². The zero-order chi connectivity index (χ0) is 15.1. The smallest absolute Gasteiger partial charge is 0.0897 e. The number of hydrogen-bond donors (Lipinski definition) is 2. The van der Waals surface area contributed by atoms with Crippen molar-refractivity contribution in [3.8, 4) is 0 Å². The highest BCUT2D eigenvalue weighted by atomic mass is 16.5. The number of aliphatic hydroxyl groups excluding tert-OH is 1. The summed E-state index contributed by atoms with van der Waals surface area (Å²) in [6.07, 6.45) is 1.86.